The zero-order valence-electron chi connectivity index (χ0n) is 9.41. The van der Waals surface area contributed by atoms with E-state index < -0.39 is 17.8 Å². The van der Waals surface area contributed by atoms with Gasteiger partial charge in [-0.2, -0.15) is 0 Å². The van der Waals surface area contributed by atoms with Crippen molar-refractivity contribution in [3.05, 3.63) is 41.7 Å². The molecule has 0 radical (unpaired) electrons. The molecule has 1 N–H and O–H groups in total. The Balaban J connectivity index is 2.16. The first-order valence-corrected chi connectivity index (χ1v) is 5.04. The smallest absolute Gasteiger partial charge is 0.335 e. The SMILES string of the molecule is CN1C(=O)C=C(Oc2ccc(C(=O)O)cc2)C1=O. The molecule has 6 heteroatoms. The summed E-state index contributed by atoms with van der Waals surface area (Å²) in [6, 6.07) is 5.53. The lowest BCUT2D eigenvalue weighted by Crippen LogP contribution is -2.27. The molecule has 1 aromatic rings. The minimum absolute atomic E-state index is 0.0782. The first kappa shape index (κ1) is 11.8. The highest BCUT2D eigenvalue weighted by molar-refractivity contribution is 6.15. The van der Waals surface area contributed by atoms with Crippen LogP contribution < -0.4 is 4.74 Å². The van der Waals surface area contributed by atoms with Gasteiger partial charge in [0, 0.05) is 7.05 Å². The Kier molecular flexibility index (Phi) is 2.85. The summed E-state index contributed by atoms with van der Waals surface area (Å²) in [6.07, 6.45) is 1.09. The van der Waals surface area contributed by atoms with Crippen molar-refractivity contribution < 1.29 is 24.2 Å². The molecule has 0 spiro atoms. The first-order chi connectivity index (χ1) is 8.49. The molecule has 0 atom stereocenters. The molecule has 1 aliphatic heterocycles. The number of rotatable bonds is 3. The fraction of sp³-hybridized carbons (Fsp3) is 0.0833. The monoisotopic (exact) mass is 247 g/mol. The number of carboxylic acids is 1. The van der Waals surface area contributed by atoms with Crippen LogP contribution in [0.5, 0.6) is 5.75 Å². The molecule has 0 aromatic heterocycles. The number of benzene rings is 1. The number of imide groups is 1. The van der Waals surface area contributed by atoms with Gasteiger partial charge in [0.05, 0.1) is 11.6 Å². The van der Waals surface area contributed by atoms with Gasteiger partial charge in [0.15, 0.2) is 5.76 Å². The van der Waals surface area contributed by atoms with E-state index in [1.165, 1.54) is 31.3 Å². The number of carboxylic acid groups (broad SMARTS) is 1. The van der Waals surface area contributed by atoms with E-state index in [0.29, 0.717) is 5.75 Å². The van der Waals surface area contributed by atoms with Gasteiger partial charge in [-0.25, -0.2) is 4.79 Å². The van der Waals surface area contributed by atoms with Gasteiger partial charge in [0.25, 0.3) is 11.8 Å². The summed E-state index contributed by atoms with van der Waals surface area (Å²) in [6.45, 7) is 0. The number of ether oxygens (including phenoxy) is 1. The zero-order chi connectivity index (χ0) is 13.3. The minimum Gasteiger partial charge on any atom is -0.478 e. The Morgan fingerprint density at radius 2 is 1.83 bits per heavy atom. The van der Waals surface area contributed by atoms with Crippen LogP contribution in [0.25, 0.3) is 0 Å². The van der Waals surface area contributed by atoms with E-state index in [1.54, 1.807) is 0 Å². The summed E-state index contributed by atoms with van der Waals surface area (Å²) < 4.78 is 5.22. The number of carbonyl (C=O) groups is 3. The molecule has 1 heterocycles. The normalized spacial score (nSPS) is 14.7. The van der Waals surface area contributed by atoms with Crippen LogP contribution in [0.1, 0.15) is 10.4 Å². The molecular weight excluding hydrogens is 238 g/mol. The third-order valence-corrected chi connectivity index (χ3v) is 2.43. The Hall–Kier alpha value is -2.63. The number of aromatic carboxylic acids is 1. The second-order valence-electron chi connectivity index (χ2n) is 3.64. The molecule has 6 nitrogen and oxygen atoms in total. The summed E-state index contributed by atoms with van der Waals surface area (Å²) in [5, 5.41) is 8.71. The molecule has 0 unspecified atom stereocenters. The Morgan fingerprint density at radius 1 is 1.22 bits per heavy atom. The Labute approximate surface area is 102 Å². The molecule has 1 aromatic carbocycles. The van der Waals surface area contributed by atoms with Gasteiger partial charge >= 0.3 is 5.97 Å². The summed E-state index contributed by atoms with van der Waals surface area (Å²) in [5.41, 5.74) is 0.113. The van der Waals surface area contributed by atoms with Crippen LogP contribution in [0, 0.1) is 0 Å². The Morgan fingerprint density at radius 3 is 2.28 bits per heavy atom. The predicted octanol–water partition coefficient (Wildman–Crippen LogP) is 0.646. The van der Waals surface area contributed by atoms with E-state index in [2.05, 4.69) is 0 Å². The highest BCUT2D eigenvalue weighted by atomic mass is 16.5. The van der Waals surface area contributed by atoms with Crippen LogP contribution in [0.15, 0.2) is 36.1 Å². The summed E-state index contributed by atoms with van der Waals surface area (Å²) in [5.74, 6) is -1.81. The van der Waals surface area contributed by atoms with Crippen molar-refractivity contribution in [2.75, 3.05) is 7.05 Å². The van der Waals surface area contributed by atoms with Gasteiger partial charge in [-0.05, 0) is 24.3 Å². The first-order valence-electron chi connectivity index (χ1n) is 5.04. The molecule has 2 amide bonds. The van der Waals surface area contributed by atoms with Crippen molar-refractivity contribution in [2.45, 2.75) is 0 Å². The van der Waals surface area contributed by atoms with Gasteiger partial charge in [-0.3, -0.25) is 14.5 Å². The van der Waals surface area contributed by atoms with E-state index in [4.69, 9.17) is 9.84 Å². The molecule has 0 saturated carbocycles. The average molecular weight is 247 g/mol. The second-order valence-corrected chi connectivity index (χ2v) is 3.64. The molecule has 0 fully saturated rings. The van der Waals surface area contributed by atoms with Crippen molar-refractivity contribution in [1.29, 1.82) is 0 Å². The van der Waals surface area contributed by atoms with E-state index in [9.17, 15) is 14.4 Å². The average Bonchev–Trinajstić information content (AvgIpc) is 2.58. The van der Waals surface area contributed by atoms with E-state index in [0.717, 1.165) is 11.0 Å². The number of amides is 2. The van der Waals surface area contributed by atoms with E-state index in [1.807, 2.05) is 0 Å². The third-order valence-electron chi connectivity index (χ3n) is 2.43. The largest absolute Gasteiger partial charge is 0.478 e. The molecule has 0 bridgehead atoms. The van der Waals surface area contributed by atoms with E-state index in [-0.39, 0.29) is 11.3 Å². The molecule has 2 rings (SSSR count). The lowest BCUT2D eigenvalue weighted by atomic mass is 10.2. The van der Waals surface area contributed by atoms with Crippen LogP contribution in [0.2, 0.25) is 0 Å². The quantitative estimate of drug-likeness (QED) is 0.792. The zero-order valence-corrected chi connectivity index (χ0v) is 9.41. The predicted molar refractivity (Wildman–Crippen MR) is 59.9 cm³/mol. The van der Waals surface area contributed by atoms with Crippen LogP contribution in [-0.2, 0) is 9.59 Å². The van der Waals surface area contributed by atoms with Crippen molar-refractivity contribution in [2.24, 2.45) is 0 Å². The number of hydrogen-bond donors (Lipinski definition) is 1. The van der Waals surface area contributed by atoms with Crippen LogP contribution in [-0.4, -0.2) is 34.8 Å². The third kappa shape index (κ3) is 2.08. The van der Waals surface area contributed by atoms with Gasteiger partial charge < -0.3 is 9.84 Å². The second kappa shape index (κ2) is 4.33. The van der Waals surface area contributed by atoms with Crippen molar-refractivity contribution >= 4 is 17.8 Å². The standard InChI is InChI=1S/C12H9NO5/c1-13-10(14)6-9(11(13)15)18-8-4-2-7(3-5-8)12(16)17/h2-6H,1H3,(H,16,17). The fourth-order valence-electron chi connectivity index (χ4n) is 1.40. The highest BCUT2D eigenvalue weighted by Gasteiger charge is 2.29. The molecule has 92 valence electrons. The van der Waals surface area contributed by atoms with Gasteiger partial charge in [-0.15, -0.1) is 0 Å². The lowest BCUT2D eigenvalue weighted by molar-refractivity contribution is -0.136. The number of carbonyl (C=O) groups excluding carboxylic acids is 2. The van der Waals surface area contributed by atoms with Crippen LogP contribution in [0.3, 0.4) is 0 Å². The number of nitrogens with zero attached hydrogens (tertiary/aromatic N) is 1. The minimum atomic E-state index is -1.05. The van der Waals surface area contributed by atoms with Gasteiger partial charge in [0.1, 0.15) is 5.75 Å². The van der Waals surface area contributed by atoms with Crippen molar-refractivity contribution in [1.82, 2.24) is 4.90 Å². The van der Waals surface area contributed by atoms with E-state index >= 15 is 0 Å². The molecule has 1 aliphatic rings. The van der Waals surface area contributed by atoms with Crippen molar-refractivity contribution in [3.8, 4) is 5.75 Å². The maximum Gasteiger partial charge on any atom is 0.335 e. The Bertz CT molecular complexity index is 558. The highest BCUT2D eigenvalue weighted by Crippen LogP contribution is 2.19. The van der Waals surface area contributed by atoms with Crippen LogP contribution >= 0.6 is 0 Å². The maximum absolute atomic E-state index is 11.5. The molecule has 0 aliphatic carbocycles. The fourth-order valence-corrected chi connectivity index (χ4v) is 1.40. The van der Waals surface area contributed by atoms with Gasteiger partial charge in [-0.1, -0.05) is 0 Å². The summed E-state index contributed by atoms with van der Waals surface area (Å²) in [4.78, 5) is 34.3. The molecule has 0 saturated heterocycles. The maximum atomic E-state index is 11.5. The summed E-state index contributed by atoms with van der Waals surface area (Å²) in [7, 11) is 1.35. The number of likely N-dealkylation sites (N-methyl/N-ethyl adjacent to an activating group) is 1. The van der Waals surface area contributed by atoms with Gasteiger partial charge in [0.2, 0.25) is 0 Å². The molecular formula is C12H9NO5. The van der Waals surface area contributed by atoms with Crippen LogP contribution in [0.4, 0.5) is 0 Å². The summed E-state index contributed by atoms with van der Waals surface area (Å²) >= 11 is 0. The number of hydrogen-bond acceptors (Lipinski definition) is 4. The topological polar surface area (TPSA) is 83.9 Å². The van der Waals surface area contributed by atoms with Crippen molar-refractivity contribution in [3.63, 3.8) is 0 Å². The molecule has 18 heavy (non-hydrogen) atoms. The lowest BCUT2D eigenvalue weighted by Gasteiger charge is -2.08.